The van der Waals surface area contributed by atoms with E-state index in [1.165, 1.54) is 43.4 Å². The van der Waals surface area contributed by atoms with Crippen molar-refractivity contribution in [1.82, 2.24) is 0 Å². The number of thiophene rings is 1. The molecule has 4 nitrogen and oxygen atoms in total. The van der Waals surface area contributed by atoms with Crippen LogP contribution in [0.2, 0.25) is 5.02 Å². The molecule has 0 bridgehead atoms. The fraction of sp³-hybridized carbons (Fsp3) is 0.478. The van der Waals surface area contributed by atoms with E-state index in [2.05, 4.69) is 5.32 Å². The van der Waals surface area contributed by atoms with E-state index >= 15 is 0 Å². The van der Waals surface area contributed by atoms with Crippen LogP contribution in [0.15, 0.2) is 24.3 Å². The zero-order valence-corrected chi connectivity index (χ0v) is 18.6. The number of hydrogen-bond acceptors (Lipinski definition) is 4. The molecule has 156 valence electrons. The quantitative estimate of drug-likeness (QED) is 0.485. The number of rotatable bonds is 7. The van der Waals surface area contributed by atoms with Gasteiger partial charge in [-0.3, -0.25) is 4.79 Å². The molecular formula is C23H28ClNO3S. The first-order chi connectivity index (χ1) is 14.0. The number of amides is 1. The second kappa shape index (κ2) is 10.3. The van der Waals surface area contributed by atoms with Crippen molar-refractivity contribution in [3.05, 3.63) is 39.7 Å². The van der Waals surface area contributed by atoms with Crippen molar-refractivity contribution in [1.29, 1.82) is 0 Å². The number of ether oxygens (including phenoxy) is 1. The third kappa shape index (κ3) is 5.61. The monoisotopic (exact) mass is 433 g/mol. The first kappa shape index (κ1) is 21.8. The van der Waals surface area contributed by atoms with Gasteiger partial charge in [0, 0.05) is 21.9 Å². The number of nitrogens with one attached hydrogen (secondary N) is 1. The molecule has 0 radical (unpaired) electrons. The predicted molar refractivity (Wildman–Crippen MR) is 120 cm³/mol. The van der Waals surface area contributed by atoms with Crippen LogP contribution in [0.25, 0.3) is 11.1 Å². The van der Waals surface area contributed by atoms with E-state index in [1.54, 1.807) is 19.1 Å². The van der Waals surface area contributed by atoms with Gasteiger partial charge in [0.15, 0.2) is 0 Å². The van der Waals surface area contributed by atoms with Crippen LogP contribution in [0.5, 0.6) is 0 Å². The normalized spacial score (nSPS) is 14.6. The zero-order valence-electron chi connectivity index (χ0n) is 17.1. The van der Waals surface area contributed by atoms with Crippen LogP contribution in [0.4, 0.5) is 5.00 Å². The summed E-state index contributed by atoms with van der Waals surface area (Å²) in [6.45, 7) is 4.01. The molecule has 1 amide bonds. The smallest absolute Gasteiger partial charge is 0.341 e. The van der Waals surface area contributed by atoms with Crippen molar-refractivity contribution in [3.63, 3.8) is 0 Å². The second-order valence-corrected chi connectivity index (χ2v) is 9.22. The van der Waals surface area contributed by atoms with Crippen LogP contribution in [0.3, 0.4) is 0 Å². The Balaban J connectivity index is 1.81. The zero-order chi connectivity index (χ0) is 20.8. The summed E-state index contributed by atoms with van der Waals surface area (Å²) in [7, 11) is 0. The maximum absolute atomic E-state index is 12.7. The van der Waals surface area contributed by atoms with Gasteiger partial charge in [-0.05, 0) is 43.9 Å². The van der Waals surface area contributed by atoms with Crippen LogP contribution < -0.4 is 5.32 Å². The van der Waals surface area contributed by atoms with Crippen LogP contribution in [-0.4, -0.2) is 18.5 Å². The maximum atomic E-state index is 12.7. The van der Waals surface area contributed by atoms with Crippen molar-refractivity contribution < 1.29 is 14.3 Å². The summed E-state index contributed by atoms with van der Waals surface area (Å²) in [5.74, 6) is 0.197. The Morgan fingerprint density at radius 3 is 2.52 bits per heavy atom. The van der Waals surface area contributed by atoms with E-state index in [0.717, 1.165) is 22.4 Å². The van der Waals surface area contributed by atoms with Crippen molar-refractivity contribution in [2.24, 2.45) is 5.92 Å². The number of hydrogen-bond donors (Lipinski definition) is 1. The summed E-state index contributed by atoms with van der Waals surface area (Å²) >= 11 is 7.44. The molecule has 1 heterocycles. The second-order valence-electron chi connectivity index (χ2n) is 7.56. The topological polar surface area (TPSA) is 55.4 Å². The SMILES string of the molecule is CCOC(=O)c1c(NC(=O)CCC2CCCCC2)sc(C)c1-c1ccc(Cl)cc1. The van der Waals surface area contributed by atoms with Gasteiger partial charge in [-0.2, -0.15) is 0 Å². The van der Waals surface area contributed by atoms with E-state index in [4.69, 9.17) is 16.3 Å². The molecular weight excluding hydrogens is 406 g/mol. The molecule has 0 spiro atoms. The fourth-order valence-corrected chi connectivity index (χ4v) is 5.20. The van der Waals surface area contributed by atoms with Gasteiger partial charge in [-0.1, -0.05) is 55.8 Å². The van der Waals surface area contributed by atoms with Crippen molar-refractivity contribution in [2.45, 2.75) is 58.8 Å². The van der Waals surface area contributed by atoms with E-state index in [-0.39, 0.29) is 12.5 Å². The predicted octanol–water partition coefficient (Wildman–Crippen LogP) is 6.85. The molecule has 1 saturated carbocycles. The highest BCUT2D eigenvalue weighted by Crippen LogP contribution is 2.41. The van der Waals surface area contributed by atoms with Gasteiger partial charge in [-0.25, -0.2) is 4.79 Å². The Morgan fingerprint density at radius 1 is 1.17 bits per heavy atom. The van der Waals surface area contributed by atoms with Gasteiger partial charge in [0.2, 0.25) is 5.91 Å². The highest BCUT2D eigenvalue weighted by atomic mass is 35.5. The molecule has 1 N–H and O–H groups in total. The average molecular weight is 434 g/mol. The number of esters is 1. The first-order valence-electron chi connectivity index (χ1n) is 10.4. The molecule has 3 rings (SSSR count). The van der Waals surface area contributed by atoms with Gasteiger partial charge in [0.05, 0.1) is 6.61 Å². The van der Waals surface area contributed by atoms with Crippen LogP contribution >= 0.6 is 22.9 Å². The lowest BCUT2D eigenvalue weighted by Gasteiger charge is -2.20. The summed E-state index contributed by atoms with van der Waals surface area (Å²) in [4.78, 5) is 26.3. The molecule has 29 heavy (non-hydrogen) atoms. The van der Waals surface area contributed by atoms with Gasteiger partial charge in [0.1, 0.15) is 10.6 Å². The Morgan fingerprint density at radius 2 is 1.86 bits per heavy atom. The maximum Gasteiger partial charge on any atom is 0.341 e. The van der Waals surface area contributed by atoms with E-state index < -0.39 is 5.97 Å². The minimum absolute atomic E-state index is 0.0370. The molecule has 0 atom stereocenters. The third-order valence-electron chi connectivity index (χ3n) is 5.45. The molecule has 1 aliphatic carbocycles. The van der Waals surface area contributed by atoms with Crippen molar-refractivity contribution in [3.8, 4) is 11.1 Å². The summed E-state index contributed by atoms with van der Waals surface area (Å²) in [5, 5.41) is 4.19. The summed E-state index contributed by atoms with van der Waals surface area (Å²) in [5.41, 5.74) is 2.12. The molecule has 1 aromatic heterocycles. The Labute approximate surface area is 181 Å². The van der Waals surface area contributed by atoms with E-state index in [9.17, 15) is 9.59 Å². The summed E-state index contributed by atoms with van der Waals surface area (Å²) < 4.78 is 5.29. The lowest BCUT2D eigenvalue weighted by Crippen LogP contribution is -2.16. The number of carbonyl (C=O) groups is 2. The van der Waals surface area contributed by atoms with E-state index in [1.807, 2.05) is 19.1 Å². The van der Waals surface area contributed by atoms with Crippen molar-refractivity contribution in [2.75, 3.05) is 11.9 Å². The number of benzene rings is 1. The molecule has 1 aromatic carbocycles. The average Bonchev–Trinajstić information content (AvgIpc) is 3.03. The van der Waals surface area contributed by atoms with E-state index in [0.29, 0.717) is 27.9 Å². The third-order valence-corrected chi connectivity index (χ3v) is 6.73. The molecule has 6 heteroatoms. The molecule has 1 aliphatic rings. The molecule has 2 aromatic rings. The lowest BCUT2D eigenvalue weighted by molar-refractivity contribution is -0.116. The first-order valence-corrected chi connectivity index (χ1v) is 11.5. The Bertz CT molecular complexity index is 854. The highest BCUT2D eigenvalue weighted by Gasteiger charge is 2.25. The van der Waals surface area contributed by atoms with Crippen LogP contribution in [0, 0.1) is 12.8 Å². The summed E-state index contributed by atoms with van der Waals surface area (Å²) in [6.07, 6.45) is 7.70. The van der Waals surface area contributed by atoms with Gasteiger partial charge < -0.3 is 10.1 Å². The lowest BCUT2D eigenvalue weighted by atomic mass is 9.86. The van der Waals surface area contributed by atoms with Gasteiger partial charge >= 0.3 is 5.97 Å². The fourth-order valence-electron chi connectivity index (χ4n) is 4.00. The summed E-state index contributed by atoms with van der Waals surface area (Å²) in [6, 6.07) is 7.36. The molecule has 0 unspecified atom stereocenters. The van der Waals surface area contributed by atoms with Crippen LogP contribution in [0.1, 0.15) is 67.1 Å². The van der Waals surface area contributed by atoms with Crippen LogP contribution in [-0.2, 0) is 9.53 Å². The standard InChI is InChI=1S/C23H28ClNO3S/c1-3-28-23(27)21-20(17-10-12-18(24)13-11-17)15(2)29-22(21)25-19(26)14-9-16-7-5-4-6-8-16/h10-13,16H,3-9,14H2,1-2H3,(H,25,26). The van der Waals surface area contributed by atoms with Gasteiger partial charge in [-0.15, -0.1) is 11.3 Å². The van der Waals surface area contributed by atoms with Crippen molar-refractivity contribution >= 4 is 39.8 Å². The molecule has 1 fully saturated rings. The van der Waals surface area contributed by atoms with Gasteiger partial charge in [0.25, 0.3) is 0 Å². The number of halogens is 1. The Kier molecular flexibility index (Phi) is 7.73. The minimum atomic E-state index is -0.413. The molecule has 0 aliphatic heterocycles. The number of carbonyl (C=O) groups excluding carboxylic acids is 2. The number of anilines is 1. The molecule has 0 saturated heterocycles. The largest absolute Gasteiger partial charge is 0.462 e. The Hall–Kier alpha value is -1.85. The minimum Gasteiger partial charge on any atom is -0.462 e. The highest BCUT2D eigenvalue weighted by molar-refractivity contribution is 7.17. The number of aryl methyl sites for hydroxylation is 1.